The first kappa shape index (κ1) is 18.4. The SMILES string of the molecule is OCC(CO)(CCOCc1ccccc1)COC1CCCCO1. The lowest BCUT2D eigenvalue weighted by Crippen LogP contribution is -2.38. The van der Waals surface area contributed by atoms with Gasteiger partial charge in [-0.3, -0.25) is 0 Å². The predicted molar refractivity (Wildman–Crippen MR) is 86.9 cm³/mol. The van der Waals surface area contributed by atoms with E-state index in [1.807, 2.05) is 30.3 Å². The molecule has 0 bridgehead atoms. The van der Waals surface area contributed by atoms with Crippen molar-refractivity contribution in [3.63, 3.8) is 0 Å². The quantitative estimate of drug-likeness (QED) is 0.645. The molecule has 0 radical (unpaired) electrons. The van der Waals surface area contributed by atoms with Crippen molar-refractivity contribution in [2.45, 2.75) is 38.6 Å². The Morgan fingerprint density at radius 3 is 2.57 bits per heavy atom. The Morgan fingerprint density at radius 2 is 1.91 bits per heavy atom. The van der Waals surface area contributed by atoms with E-state index >= 15 is 0 Å². The summed E-state index contributed by atoms with van der Waals surface area (Å²) in [6.07, 6.45) is 3.36. The zero-order chi connectivity index (χ0) is 16.4. The van der Waals surface area contributed by atoms with Gasteiger partial charge in [0.25, 0.3) is 0 Å². The van der Waals surface area contributed by atoms with E-state index in [4.69, 9.17) is 14.2 Å². The van der Waals surface area contributed by atoms with Crippen molar-refractivity contribution in [1.82, 2.24) is 0 Å². The Balaban J connectivity index is 1.72. The van der Waals surface area contributed by atoms with E-state index in [1.165, 1.54) is 0 Å². The summed E-state index contributed by atoms with van der Waals surface area (Å²) in [5, 5.41) is 19.4. The molecule has 5 nitrogen and oxygen atoms in total. The normalized spacial score (nSPS) is 19.0. The van der Waals surface area contributed by atoms with Crippen molar-refractivity contribution < 1.29 is 24.4 Å². The molecule has 23 heavy (non-hydrogen) atoms. The van der Waals surface area contributed by atoms with Gasteiger partial charge in [-0.2, -0.15) is 0 Å². The van der Waals surface area contributed by atoms with Gasteiger partial charge in [-0.1, -0.05) is 30.3 Å². The molecule has 0 spiro atoms. The molecule has 1 aromatic rings. The summed E-state index contributed by atoms with van der Waals surface area (Å²) < 4.78 is 16.9. The van der Waals surface area contributed by atoms with Gasteiger partial charge in [0, 0.05) is 18.6 Å². The molecule has 1 aliphatic rings. The zero-order valence-corrected chi connectivity index (χ0v) is 13.7. The van der Waals surface area contributed by atoms with Crippen LogP contribution in [0.25, 0.3) is 0 Å². The molecule has 0 amide bonds. The van der Waals surface area contributed by atoms with Gasteiger partial charge in [0.15, 0.2) is 6.29 Å². The summed E-state index contributed by atoms with van der Waals surface area (Å²) in [5.74, 6) is 0. The minimum Gasteiger partial charge on any atom is -0.396 e. The summed E-state index contributed by atoms with van der Waals surface area (Å²) >= 11 is 0. The molecule has 1 heterocycles. The minimum absolute atomic E-state index is 0.134. The Labute approximate surface area is 138 Å². The highest BCUT2D eigenvalue weighted by molar-refractivity contribution is 5.13. The molecule has 1 atom stereocenters. The van der Waals surface area contributed by atoms with Crippen molar-refractivity contribution in [2.24, 2.45) is 5.41 Å². The average molecular weight is 324 g/mol. The third-order valence-corrected chi connectivity index (χ3v) is 4.27. The molecule has 2 rings (SSSR count). The third-order valence-electron chi connectivity index (χ3n) is 4.27. The highest BCUT2D eigenvalue weighted by Gasteiger charge is 2.31. The molecule has 1 unspecified atom stereocenters. The Morgan fingerprint density at radius 1 is 1.13 bits per heavy atom. The first-order chi connectivity index (χ1) is 11.3. The molecule has 2 N–H and O–H groups in total. The van der Waals surface area contributed by atoms with Gasteiger partial charge in [-0.15, -0.1) is 0 Å². The largest absolute Gasteiger partial charge is 0.396 e. The first-order valence-corrected chi connectivity index (χ1v) is 8.35. The van der Waals surface area contributed by atoms with Gasteiger partial charge < -0.3 is 24.4 Å². The number of benzene rings is 1. The van der Waals surface area contributed by atoms with E-state index < -0.39 is 5.41 Å². The van der Waals surface area contributed by atoms with Gasteiger partial charge in [0.1, 0.15) is 0 Å². The van der Waals surface area contributed by atoms with Crippen LogP contribution in [0.2, 0.25) is 0 Å². The number of ether oxygens (including phenoxy) is 3. The summed E-state index contributed by atoms with van der Waals surface area (Å²) in [7, 11) is 0. The maximum absolute atomic E-state index is 9.69. The molecular weight excluding hydrogens is 296 g/mol. The molecule has 130 valence electrons. The van der Waals surface area contributed by atoms with Crippen LogP contribution in [0.1, 0.15) is 31.2 Å². The molecule has 5 heteroatoms. The number of rotatable bonds is 10. The van der Waals surface area contributed by atoms with Crippen LogP contribution >= 0.6 is 0 Å². The number of aliphatic hydroxyl groups excluding tert-OH is 2. The van der Waals surface area contributed by atoms with Gasteiger partial charge in [0.05, 0.1) is 26.4 Å². The van der Waals surface area contributed by atoms with E-state index in [0.29, 0.717) is 19.6 Å². The van der Waals surface area contributed by atoms with E-state index in [1.54, 1.807) is 0 Å². The van der Waals surface area contributed by atoms with E-state index in [-0.39, 0.29) is 26.1 Å². The fraction of sp³-hybridized carbons (Fsp3) is 0.667. The Kier molecular flexibility index (Phi) is 7.99. The summed E-state index contributed by atoms with van der Waals surface area (Å²) in [5.41, 5.74) is 0.426. The van der Waals surface area contributed by atoms with Crippen molar-refractivity contribution in [3.05, 3.63) is 35.9 Å². The van der Waals surface area contributed by atoms with Gasteiger partial charge >= 0.3 is 0 Å². The fourth-order valence-corrected chi connectivity index (χ4v) is 2.54. The molecule has 0 aromatic heterocycles. The lowest BCUT2D eigenvalue weighted by Gasteiger charge is -2.32. The van der Waals surface area contributed by atoms with E-state index in [9.17, 15) is 10.2 Å². The smallest absolute Gasteiger partial charge is 0.157 e. The monoisotopic (exact) mass is 324 g/mol. The summed E-state index contributed by atoms with van der Waals surface area (Å²) in [4.78, 5) is 0. The number of aliphatic hydroxyl groups is 2. The van der Waals surface area contributed by atoms with Crippen LogP contribution < -0.4 is 0 Å². The fourth-order valence-electron chi connectivity index (χ4n) is 2.54. The first-order valence-electron chi connectivity index (χ1n) is 8.35. The number of hydrogen-bond donors (Lipinski definition) is 2. The van der Waals surface area contributed by atoms with Crippen LogP contribution in [0.3, 0.4) is 0 Å². The molecular formula is C18H28O5. The van der Waals surface area contributed by atoms with Crippen LogP contribution in [-0.2, 0) is 20.8 Å². The van der Waals surface area contributed by atoms with Crippen LogP contribution in [-0.4, -0.2) is 49.5 Å². The second-order valence-electron chi connectivity index (χ2n) is 6.21. The van der Waals surface area contributed by atoms with E-state index in [2.05, 4.69) is 0 Å². The van der Waals surface area contributed by atoms with Gasteiger partial charge in [-0.25, -0.2) is 0 Å². The second-order valence-corrected chi connectivity index (χ2v) is 6.21. The highest BCUT2D eigenvalue weighted by Crippen LogP contribution is 2.24. The highest BCUT2D eigenvalue weighted by atomic mass is 16.7. The van der Waals surface area contributed by atoms with Crippen molar-refractivity contribution in [3.8, 4) is 0 Å². The van der Waals surface area contributed by atoms with Gasteiger partial charge in [0.2, 0.25) is 0 Å². The topological polar surface area (TPSA) is 68.2 Å². The minimum atomic E-state index is -0.683. The lowest BCUT2D eigenvalue weighted by atomic mass is 9.87. The number of hydrogen-bond acceptors (Lipinski definition) is 5. The standard InChI is InChI=1S/C18H28O5/c19-13-18(14-20,15-23-17-8-4-5-10-22-17)9-11-21-12-16-6-2-1-3-7-16/h1-3,6-7,17,19-20H,4-5,8-15H2. The molecule has 1 aliphatic heterocycles. The van der Waals surface area contributed by atoms with Crippen molar-refractivity contribution >= 4 is 0 Å². The molecule has 1 aromatic carbocycles. The zero-order valence-electron chi connectivity index (χ0n) is 13.7. The lowest BCUT2D eigenvalue weighted by molar-refractivity contribution is -0.188. The van der Waals surface area contributed by atoms with Crippen molar-refractivity contribution in [2.75, 3.05) is 33.0 Å². The second kappa shape index (κ2) is 10.0. The third kappa shape index (κ3) is 6.20. The maximum Gasteiger partial charge on any atom is 0.157 e. The van der Waals surface area contributed by atoms with Gasteiger partial charge in [-0.05, 0) is 31.2 Å². The van der Waals surface area contributed by atoms with Crippen LogP contribution in [0, 0.1) is 5.41 Å². The Bertz CT molecular complexity index is 413. The molecule has 1 saturated heterocycles. The van der Waals surface area contributed by atoms with Crippen LogP contribution in [0.15, 0.2) is 30.3 Å². The van der Waals surface area contributed by atoms with Crippen molar-refractivity contribution in [1.29, 1.82) is 0 Å². The van der Waals surface area contributed by atoms with Crippen LogP contribution in [0.5, 0.6) is 0 Å². The molecule has 1 fully saturated rings. The average Bonchev–Trinajstić information content (AvgIpc) is 2.63. The summed E-state index contributed by atoms with van der Waals surface area (Å²) in [6, 6.07) is 9.94. The Hall–Kier alpha value is -0.980. The maximum atomic E-state index is 9.69. The molecule has 0 saturated carbocycles. The predicted octanol–water partition coefficient (Wildman–Crippen LogP) is 2.11. The van der Waals surface area contributed by atoms with Crippen LogP contribution in [0.4, 0.5) is 0 Å². The summed E-state index contributed by atoms with van der Waals surface area (Å²) in [6.45, 7) is 1.72. The molecule has 0 aliphatic carbocycles. The van der Waals surface area contributed by atoms with E-state index in [0.717, 1.165) is 31.4 Å².